The smallest absolute Gasteiger partial charge is 0.349 e. The molecular weight excluding hydrogens is 392 g/mol. The fourth-order valence-corrected chi connectivity index (χ4v) is 2.71. The summed E-state index contributed by atoms with van der Waals surface area (Å²) in [6.45, 7) is 0. The fraction of sp³-hybridized carbons (Fsp3) is 0.312. The molecule has 1 fully saturated rings. The maximum Gasteiger partial charge on any atom is 0.434 e. The van der Waals surface area contributed by atoms with Crippen LogP contribution in [0.1, 0.15) is 35.3 Å². The van der Waals surface area contributed by atoms with Gasteiger partial charge in [-0.25, -0.2) is 9.97 Å². The molecule has 1 aromatic carbocycles. The number of alkyl halides is 3. The quantitative estimate of drug-likeness (QED) is 0.765. The lowest BCUT2D eigenvalue weighted by molar-refractivity contribution is -0.141. The number of halogens is 5. The Labute approximate surface area is 156 Å². The molecule has 0 bridgehead atoms. The van der Waals surface area contributed by atoms with Crippen LogP contribution in [0, 0.1) is 0 Å². The van der Waals surface area contributed by atoms with Gasteiger partial charge in [0, 0.05) is 12.2 Å². The van der Waals surface area contributed by atoms with Crippen molar-refractivity contribution in [3.63, 3.8) is 0 Å². The Morgan fingerprint density at radius 1 is 1.23 bits per heavy atom. The van der Waals surface area contributed by atoms with Gasteiger partial charge in [0.2, 0.25) is 5.95 Å². The second-order valence-corrected chi connectivity index (χ2v) is 6.57. The Bertz CT molecular complexity index is 841. The number of hydrogen-bond acceptors (Lipinski definition) is 4. The van der Waals surface area contributed by atoms with Gasteiger partial charge in [0.05, 0.1) is 21.3 Å². The zero-order valence-corrected chi connectivity index (χ0v) is 14.7. The third-order valence-electron chi connectivity index (χ3n) is 3.94. The van der Waals surface area contributed by atoms with Crippen LogP contribution in [0.2, 0.25) is 10.0 Å². The van der Waals surface area contributed by atoms with Crippen LogP contribution in [0.5, 0.6) is 0 Å². The van der Waals surface area contributed by atoms with E-state index in [0.717, 1.165) is 25.5 Å². The van der Waals surface area contributed by atoms with Crippen molar-refractivity contribution in [3.05, 3.63) is 45.7 Å². The van der Waals surface area contributed by atoms with Gasteiger partial charge in [-0.2, -0.15) is 13.2 Å². The fourth-order valence-electron chi connectivity index (χ4n) is 2.36. The Balaban J connectivity index is 1.91. The monoisotopic (exact) mass is 404 g/mol. The van der Waals surface area contributed by atoms with Crippen LogP contribution in [-0.2, 0) is 6.18 Å². The van der Waals surface area contributed by atoms with Crippen LogP contribution in [0.3, 0.4) is 0 Å². The molecule has 10 heteroatoms. The van der Waals surface area contributed by atoms with Crippen molar-refractivity contribution in [3.8, 4) is 0 Å². The van der Waals surface area contributed by atoms with Crippen molar-refractivity contribution in [2.24, 2.45) is 0 Å². The topological polar surface area (TPSA) is 66.9 Å². The summed E-state index contributed by atoms with van der Waals surface area (Å²) >= 11 is 11.9. The normalized spacial score (nSPS) is 14.7. The van der Waals surface area contributed by atoms with Gasteiger partial charge in [0.15, 0.2) is 5.69 Å². The van der Waals surface area contributed by atoms with Gasteiger partial charge >= 0.3 is 6.18 Å². The highest BCUT2D eigenvalue weighted by molar-refractivity contribution is 6.43. The summed E-state index contributed by atoms with van der Waals surface area (Å²) in [5.41, 5.74) is -1.68. The molecule has 2 N–H and O–H groups in total. The number of carbonyl (C=O) groups is 1. The summed E-state index contributed by atoms with van der Waals surface area (Å²) in [6.07, 6.45) is -1.52. The van der Waals surface area contributed by atoms with Gasteiger partial charge in [0.25, 0.3) is 5.91 Å². The SMILES string of the molecule is O=C(NC1CCC1)c1cnc(Nc2cccc(Cl)c2Cl)nc1C(F)(F)F. The average Bonchev–Trinajstić information content (AvgIpc) is 2.54. The predicted molar refractivity (Wildman–Crippen MR) is 91.9 cm³/mol. The highest BCUT2D eigenvalue weighted by atomic mass is 35.5. The number of benzene rings is 1. The molecule has 1 amide bonds. The van der Waals surface area contributed by atoms with E-state index in [1.54, 1.807) is 6.07 Å². The molecule has 0 atom stereocenters. The summed E-state index contributed by atoms with van der Waals surface area (Å²) in [5, 5.41) is 5.49. The van der Waals surface area contributed by atoms with Crippen molar-refractivity contribution < 1.29 is 18.0 Å². The van der Waals surface area contributed by atoms with Crippen LogP contribution in [-0.4, -0.2) is 21.9 Å². The number of rotatable bonds is 4. The number of amides is 1. The largest absolute Gasteiger partial charge is 0.434 e. The van der Waals surface area contributed by atoms with Crippen molar-refractivity contribution >= 4 is 40.7 Å². The molecule has 0 aliphatic heterocycles. The van der Waals surface area contributed by atoms with E-state index in [0.29, 0.717) is 0 Å². The van der Waals surface area contributed by atoms with Gasteiger partial charge < -0.3 is 10.6 Å². The molecule has 1 heterocycles. The molecule has 0 spiro atoms. The van der Waals surface area contributed by atoms with Crippen molar-refractivity contribution in [2.45, 2.75) is 31.5 Å². The standard InChI is InChI=1S/C16H13Cl2F3N4O/c17-10-5-2-6-11(12(10)18)24-15-22-7-9(13(25-15)16(19,20)21)14(26)23-8-3-1-4-8/h2,5-8H,1,3-4H2,(H,23,26)(H,22,24,25). The van der Waals surface area contributed by atoms with E-state index >= 15 is 0 Å². The molecule has 1 aliphatic carbocycles. The van der Waals surface area contributed by atoms with E-state index in [1.165, 1.54) is 12.1 Å². The Hall–Kier alpha value is -2.06. The van der Waals surface area contributed by atoms with Crippen LogP contribution >= 0.6 is 23.2 Å². The highest BCUT2D eigenvalue weighted by Crippen LogP contribution is 2.34. The molecule has 0 saturated heterocycles. The third-order valence-corrected chi connectivity index (χ3v) is 4.76. The molecule has 1 saturated carbocycles. The molecule has 5 nitrogen and oxygen atoms in total. The zero-order chi connectivity index (χ0) is 18.9. The first-order chi connectivity index (χ1) is 12.3. The van der Waals surface area contributed by atoms with Crippen LogP contribution < -0.4 is 10.6 Å². The third kappa shape index (κ3) is 4.02. The summed E-state index contributed by atoms with van der Waals surface area (Å²) in [7, 11) is 0. The molecule has 3 rings (SSSR count). The second-order valence-electron chi connectivity index (χ2n) is 5.78. The molecular formula is C16H13Cl2F3N4O. The van der Waals surface area contributed by atoms with E-state index in [4.69, 9.17) is 23.2 Å². The van der Waals surface area contributed by atoms with E-state index in [9.17, 15) is 18.0 Å². The maximum atomic E-state index is 13.4. The number of nitrogens with one attached hydrogen (secondary N) is 2. The van der Waals surface area contributed by atoms with E-state index in [2.05, 4.69) is 20.6 Å². The number of carbonyl (C=O) groups excluding carboxylic acids is 1. The molecule has 26 heavy (non-hydrogen) atoms. The lowest BCUT2D eigenvalue weighted by atomic mass is 9.93. The van der Waals surface area contributed by atoms with E-state index in [1.807, 2.05) is 0 Å². The van der Waals surface area contributed by atoms with Crippen LogP contribution in [0.25, 0.3) is 0 Å². The summed E-state index contributed by atoms with van der Waals surface area (Å²) in [4.78, 5) is 19.4. The lowest BCUT2D eigenvalue weighted by Crippen LogP contribution is -2.40. The number of nitrogens with zero attached hydrogens (tertiary/aromatic N) is 2. The van der Waals surface area contributed by atoms with E-state index < -0.39 is 23.3 Å². The van der Waals surface area contributed by atoms with Gasteiger partial charge in [-0.05, 0) is 31.4 Å². The first-order valence-electron chi connectivity index (χ1n) is 7.72. The minimum Gasteiger partial charge on any atom is -0.349 e. The van der Waals surface area contributed by atoms with Crippen molar-refractivity contribution in [1.29, 1.82) is 0 Å². The second kappa shape index (κ2) is 7.28. The molecule has 2 aromatic rings. The average molecular weight is 405 g/mol. The van der Waals surface area contributed by atoms with Crippen molar-refractivity contribution in [2.75, 3.05) is 5.32 Å². The summed E-state index contributed by atoms with van der Waals surface area (Å²) in [6, 6.07) is 4.51. The lowest BCUT2D eigenvalue weighted by Gasteiger charge is -2.26. The Morgan fingerprint density at radius 3 is 2.58 bits per heavy atom. The Morgan fingerprint density at radius 2 is 1.96 bits per heavy atom. The minimum atomic E-state index is -4.82. The van der Waals surface area contributed by atoms with Gasteiger partial charge in [0.1, 0.15) is 0 Å². The maximum absolute atomic E-state index is 13.4. The minimum absolute atomic E-state index is 0.105. The van der Waals surface area contributed by atoms with Gasteiger partial charge in [-0.15, -0.1) is 0 Å². The molecule has 0 unspecified atom stereocenters. The number of anilines is 2. The molecule has 0 radical (unpaired) electrons. The van der Waals surface area contributed by atoms with Gasteiger partial charge in [-0.1, -0.05) is 29.3 Å². The Kier molecular flexibility index (Phi) is 5.24. The number of aromatic nitrogens is 2. The van der Waals surface area contributed by atoms with Gasteiger partial charge in [-0.3, -0.25) is 4.79 Å². The summed E-state index contributed by atoms with van der Waals surface area (Å²) in [5.74, 6) is -1.18. The first-order valence-corrected chi connectivity index (χ1v) is 8.47. The predicted octanol–water partition coefficient (Wildman–Crippen LogP) is 4.83. The molecule has 1 aliphatic rings. The van der Waals surface area contributed by atoms with Crippen LogP contribution in [0.15, 0.2) is 24.4 Å². The zero-order valence-electron chi connectivity index (χ0n) is 13.2. The summed E-state index contributed by atoms with van der Waals surface area (Å²) < 4.78 is 40.1. The molecule has 138 valence electrons. The van der Waals surface area contributed by atoms with Crippen molar-refractivity contribution in [1.82, 2.24) is 15.3 Å². The highest BCUT2D eigenvalue weighted by Gasteiger charge is 2.38. The first kappa shape index (κ1) is 18.7. The van der Waals surface area contributed by atoms with Crippen LogP contribution in [0.4, 0.5) is 24.8 Å². The molecule has 1 aromatic heterocycles. The van der Waals surface area contributed by atoms with E-state index in [-0.39, 0.29) is 27.7 Å². The number of hydrogen-bond donors (Lipinski definition) is 2.